The molecule has 0 radical (unpaired) electrons. The second-order valence-electron chi connectivity index (χ2n) is 6.22. The largest absolute Gasteiger partial charge is 0.504 e. The summed E-state index contributed by atoms with van der Waals surface area (Å²) in [5, 5.41) is 29.1. The number of fused-ring (bicyclic) bond motifs is 1. The first-order valence-electron chi connectivity index (χ1n) is 8.14. The highest BCUT2D eigenvalue weighted by atomic mass is 16.3. The van der Waals surface area contributed by atoms with Crippen LogP contribution in [0.25, 0.3) is 11.6 Å². The summed E-state index contributed by atoms with van der Waals surface area (Å²) in [5.41, 5.74) is 1.62. The first kappa shape index (κ1) is 16.2. The number of aromatic hydroxyl groups is 3. The first-order chi connectivity index (χ1) is 12.5. The van der Waals surface area contributed by atoms with Gasteiger partial charge in [0.15, 0.2) is 23.1 Å². The minimum atomic E-state index is -0.533. The first-order valence-corrected chi connectivity index (χ1v) is 8.14. The van der Waals surface area contributed by atoms with Crippen molar-refractivity contribution in [3.8, 4) is 28.8 Å². The van der Waals surface area contributed by atoms with Gasteiger partial charge in [-0.25, -0.2) is 4.98 Å². The zero-order valence-corrected chi connectivity index (χ0v) is 13.8. The van der Waals surface area contributed by atoms with E-state index < -0.39 is 5.75 Å². The molecular weight excluding hydrogens is 338 g/mol. The third-order valence-electron chi connectivity index (χ3n) is 4.51. The molecule has 4 rings (SSSR count). The zero-order chi connectivity index (χ0) is 18.3. The molecular formula is C18H17N3O5. The Bertz CT molecular complexity index is 1010. The van der Waals surface area contributed by atoms with Crippen molar-refractivity contribution in [2.45, 2.75) is 19.5 Å². The molecule has 2 aromatic heterocycles. The number of aromatic amines is 1. The number of phenolic OH excluding ortho intramolecular Hbond substituents is 3. The summed E-state index contributed by atoms with van der Waals surface area (Å²) in [7, 11) is 0. The van der Waals surface area contributed by atoms with Gasteiger partial charge in [0.05, 0.1) is 12.0 Å². The van der Waals surface area contributed by atoms with Crippen LogP contribution in [0.4, 0.5) is 0 Å². The molecule has 0 unspecified atom stereocenters. The van der Waals surface area contributed by atoms with E-state index in [2.05, 4.69) is 9.97 Å². The molecule has 4 N–H and O–H groups in total. The second-order valence-corrected chi connectivity index (χ2v) is 6.22. The number of rotatable bonds is 3. The van der Waals surface area contributed by atoms with E-state index in [1.807, 2.05) is 4.90 Å². The van der Waals surface area contributed by atoms with Crippen molar-refractivity contribution in [3.05, 3.63) is 57.7 Å². The molecule has 0 saturated heterocycles. The zero-order valence-electron chi connectivity index (χ0n) is 13.8. The van der Waals surface area contributed by atoms with E-state index in [1.165, 1.54) is 12.3 Å². The van der Waals surface area contributed by atoms with Crippen LogP contribution in [0.5, 0.6) is 17.2 Å². The topological polar surface area (TPSA) is 123 Å². The number of hydrogen-bond donors (Lipinski definition) is 4. The van der Waals surface area contributed by atoms with Gasteiger partial charge < -0.3 is 24.7 Å². The molecule has 0 spiro atoms. The highest BCUT2D eigenvalue weighted by Gasteiger charge is 2.23. The number of H-pyrrole nitrogens is 1. The van der Waals surface area contributed by atoms with Crippen LogP contribution in [0.1, 0.15) is 16.8 Å². The summed E-state index contributed by atoms with van der Waals surface area (Å²) in [4.78, 5) is 21.6. The lowest BCUT2D eigenvalue weighted by atomic mass is 10.0. The van der Waals surface area contributed by atoms with Crippen molar-refractivity contribution in [2.75, 3.05) is 6.54 Å². The monoisotopic (exact) mass is 355 g/mol. The molecule has 0 bridgehead atoms. The summed E-state index contributed by atoms with van der Waals surface area (Å²) in [6, 6.07) is 6.34. The summed E-state index contributed by atoms with van der Waals surface area (Å²) < 4.78 is 5.30. The SMILES string of the molecule is O=c1[nH]c(-c2ccco2)nc2c1CCN(Cc1ccc(O)c(O)c1O)C2. The number of phenols is 3. The van der Waals surface area contributed by atoms with E-state index in [1.54, 1.807) is 18.2 Å². The molecule has 1 aliphatic heterocycles. The fraction of sp³-hybridized carbons (Fsp3) is 0.222. The van der Waals surface area contributed by atoms with E-state index in [-0.39, 0.29) is 17.1 Å². The molecule has 3 aromatic rings. The molecule has 3 heterocycles. The molecule has 0 aliphatic carbocycles. The minimum absolute atomic E-state index is 0.175. The average Bonchev–Trinajstić information content (AvgIpc) is 3.17. The summed E-state index contributed by atoms with van der Waals surface area (Å²) >= 11 is 0. The van der Waals surface area contributed by atoms with Crippen molar-refractivity contribution < 1.29 is 19.7 Å². The van der Waals surface area contributed by atoms with Gasteiger partial charge in [0.25, 0.3) is 5.56 Å². The highest BCUT2D eigenvalue weighted by molar-refractivity contribution is 5.53. The quantitative estimate of drug-likeness (QED) is 0.527. The van der Waals surface area contributed by atoms with Gasteiger partial charge in [-0.05, 0) is 24.6 Å². The number of furan rings is 1. The van der Waals surface area contributed by atoms with Crippen LogP contribution < -0.4 is 5.56 Å². The van der Waals surface area contributed by atoms with Gasteiger partial charge in [0.1, 0.15) is 0 Å². The van der Waals surface area contributed by atoms with E-state index in [0.717, 1.165) is 0 Å². The number of aromatic nitrogens is 2. The van der Waals surface area contributed by atoms with E-state index in [4.69, 9.17) is 4.42 Å². The molecule has 0 saturated carbocycles. The smallest absolute Gasteiger partial charge is 0.254 e. The maximum absolute atomic E-state index is 12.3. The summed E-state index contributed by atoms with van der Waals surface area (Å²) in [5.74, 6) is -0.374. The molecule has 1 aromatic carbocycles. The Morgan fingerprint density at radius 3 is 2.81 bits per heavy atom. The Morgan fingerprint density at radius 2 is 2.04 bits per heavy atom. The van der Waals surface area contributed by atoms with E-state index in [0.29, 0.717) is 54.5 Å². The van der Waals surface area contributed by atoms with Gasteiger partial charge in [-0.2, -0.15) is 0 Å². The molecule has 134 valence electrons. The molecule has 26 heavy (non-hydrogen) atoms. The molecule has 1 aliphatic rings. The average molecular weight is 355 g/mol. The molecule has 0 fully saturated rings. The lowest BCUT2D eigenvalue weighted by Gasteiger charge is -2.28. The lowest BCUT2D eigenvalue weighted by molar-refractivity contribution is 0.236. The van der Waals surface area contributed by atoms with Gasteiger partial charge in [0, 0.05) is 30.8 Å². The molecule has 8 heteroatoms. The van der Waals surface area contributed by atoms with Crippen LogP contribution in [-0.2, 0) is 19.5 Å². The number of nitrogens with one attached hydrogen (secondary N) is 1. The fourth-order valence-corrected chi connectivity index (χ4v) is 3.14. The van der Waals surface area contributed by atoms with Crippen LogP contribution in [0.15, 0.2) is 39.7 Å². The number of hydrogen-bond acceptors (Lipinski definition) is 7. The third kappa shape index (κ3) is 2.80. The molecule has 8 nitrogen and oxygen atoms in total. The Kier molecular flexibility index (Phi) is 3.89. The van der Waals surface area contributed by atoms with Crippen LogP contribution in [0.3, 0.4) is 0 Å². The fourth-order valence-electron chi connectivity index (χ4n) is 3.14. The normalized spacial score (nSPS) is 14.3. The summed E-state index contributed by atoms with van der Waals surface area (Å²) in [6.45, 7) is 1.39. The Hall–Kier alpha value is -3.26. The number of nitrogens with zero attached hydrogens (tertiary/aromatic N) is 2. The predicted octanol–water partition coefficient (Wildman–Crippen LogP) is 1.71. The van der Waals surface area contributed by atoms with E-state index in [9.17, 15) is 20.1 Å². The second kappa shape index (κ2) is 6.23. The van der Waals surface area contributed by atoms with Crippen LogP contribution in [-0.4, -0.2) is 36.7 Å². The lowest BCUT2D eigenvalue weighted by Crippen LogP contribution is -2.35. The third-order valence-corrected chi connectivity index (χ3v) is 4.51. The molecule has 0 atom stereocenters. The highest BCUT2D eigenvalue weighted by Crippen LogP contribution is 2.37. The maximum Gasteiger partial charge on any atom is 0.254 e. The van der Waals surface area contributed by atoms with Crippen molar-refractivity contribution in [1.29, 1.82) is 0 Å². The van der Waals surface area contributed by atoms with Crippen LogP contribution in [0, 0.1) is 0 Å². The number of benzene rings is 1. The Morgan fingerprint density at radius 1 is 1.19 bits per heavy atom. The maximum atomic E-state index is 12.3. The van der Waals surface area contributed by atoms with Crippen LogP contribution in [0.2, 0.25) is 0 Å². The van der Waals surface area contributed by atoms with Gasteiger partial charge in [-0.1, -0.05) is 6.07 Å². The minimum Gasteiger partial charge on any atom is -0.504 e. The predicted molar refractivity (Wildman–Crippen MR) is 91.8 cm³/mol. The van der Waals surface area contributed by atoms with Crippen molar-refractivity contribution in [1.82, 2.24) is 14.9 Å². The Balaban J connectivity index is 1.61. The van der Waals surface area contributed by atoms with E-state index >= 15 is 0 Å². The molecule has 0 amide bonds. The van der Waals surface area contributed by atoms with Crippen LogP contribution >= 0.6 is 0 Å². The summed E-state index contributed by atoms with van der Waals surface area (Å²) in [6.07, 6.45) is 2.04. The van der Waals surface area contributed by atoms with Crippen molar-refractivity contribution in [3.63, 3.8) is 0 Å². The standard InChI is InChI=1S/C18H17N3O5/c22-13-4-3-10(15(23)16(13)24)8-21-6-5-11-12(9-21)19-17(20-18(11)25)14-2-1-7-26-14/h1-4,7,22-24H,5-6,8-9H2,(H,19,20,25). The Labute approximate surface area is 148 Å². The van der Waals surface area contributed by atoms with Gasteiger partial charge in [0.2, 0.25) is 5.75 Å². The van der Waals surface area contributed by atoms with Crippen molar-refractivity contribution in [2.24, 2.45) is 0 Å². The van der Waals surface area contributed by atoms with Gasteiger partial charge in [-0.15, -0.1) is 0 Å². The van der Waals surface area contributed by atoms with Gasteiger partial charge in [-0.3, -0.25) is 9.69 Å². The van der Waals surface area contributed by atoms with Gasteiger partial charge >= 0.3 is 0 Å². The van der Waals surface area contributed by atoms with Crippen molar-refractivity contribution >= 4 is 0 Å².